The van der Waals surface area contributed by atoms with Crippen LogP contribution in [0.5, 0.6) is 0 Å². The predicted octanol–water partition coefficient (Wildman–Crippen LogP) is 2.65. The predicted molar refractivity (Wildman–Crippen MR) is 80.8 cm³/mol. The molecule has 0 aliphatic rings. The van der Waals surface area contributed by atoms with Gasteiger partial charge in [0.15, 0.2) is 0 Å². The zero-order chi connectivity index (χ0) is 15.2. The highest BCUT2D eigenvalue weighted by Crippen LogP contribution is 2.10. The van der Waals surface area contributed by atoms with Gasteiger partial charge >= 0.3 is 0 Å². The lowest BCUT2D eigenvalue weighted by Crippen LogP contribution is -2.35. The van der Waals surface area contributed by atoms with Crippen molar-refractivity contribution >= 4 is 5.91 Å². The van der Waals surface area contributed by atoms with Crippen molar-refractivity contribution in [3.8, 4) is 0 Å². The van der Waals surface area contributed by atoms with Crippen molar-refractivity contribution in [3.63, 3.8) is 0 Å². The first-order valence-electron chi connectivity index (χ1n) is 7.34. The highest BCUT2D eigenvalue weighted by atomic mass is 16.3. The van der Waals surface area contributed by atoms with Crippen molar-refractivity contribution < 1.29 is 9.21 Å². The fourth-order valence-corrected chi connectivity index (χ4v) is 2.22. The Hall–Kier alpha value is -2.04. The van der Waals surface area contributed by atoms with Crippen LogP contribution in [0.15, 0.2) is 35.1 Å². The molecule has 0 bridgehead atoms. The first-order valence-corrected chi connectivity index (χ1v) is 7.34. The lowest BCUT2D eigenvalue weighted by Gasteiger charge is -2.24. The molecule has 0 spiro atoms. The van der Waals surface area contributed by atoms with Crippen LogP contribution in [0.25, 0.3) is 0 Å². The van der Waals surface area contributed by atoms with E-state index in [4.69, 9.17) is 4.42 Å². The second-order valence-corrected chi connectivity index (χ2v) is 5.44. The van der Waals surface area contributed by atoms with Gasteiger partial charge in [0.1, 0.15) is 5.76 Å². The largest absolute Gasteiger partial charge is 0.469 e. The van der Waals surface area contributed by atoms with Crippen LogP contribution in [0, 0.1) is 6.92 Å². The minimum Gasteiger partial charge on any atom is -0.469 e. The monoisotopic (exact) mass is 289 g/mol. The SMILES string of the molecule is Cc1ccn(CCC(=O)N(C)[C@@H](C)CCc2ccco2)n1. The van der Waals surface area contributed by atoms with E-state index in [0.717, 1.165) is 24.3 Å². The van der Waals surface area contributed by atoms with Crippen LogP contribution in [0.1, 0.15) is 31.2 Å². The van der Waals surface area contributed by atoms with E-state index in [-0.39, 0.29) is 11.9 Å². The van der Waals surface area contributed by atoms with E-state index in [0.29, 0.717) is 13.0 Å². The molecule has 2 rings (SSSR count). The van der Waals surface area contributed by atoms with Crippen molar-refractivity contribution in [2.45, 2.75) is 45.7 Å². The van der Waals surface area contributed by atoms with Gasteiger partial charge < -0.3 is 9.32 Å². The Labute approximate surface area is 125 Å². The Bertz CT molecular complexity index is 560. The summed E-state index contributed by atoms with van der Waals surface area (Å²) in [6.45, 7) is 4.64. The number of nitrogens with zero attached hydrogens (tertiary/aromatic N) is 3. The smallest absolute Gasteiger partial charge is 0.224 e. The molecule has 0 aliphatic carbocycles. The zero-order valence-corrected chi connectivity index (χ0v) is 13.0. The minimum atomic E-state index is 0.148. The number of amides is 1. The third-order valence-electron chi connectivity index (χ3n) is 3.77. The van der Waals surface area contributed by atoms with Gasteiger partial charge in [0.25, 0.3) is 0 Å². The van der Waals surface area contributed by atoms with Crippen molar-refractivity contribution in [2.24, 2.45) is 0 Å². The normalized spacial score (nSPS) is 12.3. The van der Waals surface area contributed by atoms with Gasteiger partial charge in [-0.3, -0.25) is 9.48 Å². The molecular weight excluding hydrogens is 266 g/mol. The van der Waals surface area contributed by atoms with Gasteiger partial charge in [0, 0.05) is 38.7 Å². The first-order chi connectivity index (χ1) is 10.1. The quantitative estimate of drug-likeness (QED) is 0.787. The van der Waals surface area contributed by atoms with E-state index in [9.17, 15) is 4.79 Å². The Morgan fingerprint density at radius 3 is 2.90 bits per heavy atom. The highest BCUT2D eigenvalue weighted by Gasteiger charge is 2.16. The van der Waals surface area contributed by atoms with Crippen molar-refractivity contribution in [2.75, 3.05) is 7.05 Å². The number of aryl methyl sites for hydroxylation is 3. The number of carbonyl (C=O) groups excluding carboxylic acids is 1. The van der Waals surface area contributed by atoms with Gasteiger partial charge in [-0.2, -0.15) is 5.10 Å². The summed E-state index contributed by atoms with van der Waals surface area (Å²) in [5, 5.41) is 4.29. The number of rotatable bonds is 7. The molecule has 5 heteroatoms. The molecule has 114 valence electrons. The van der Waals surface area contributed by atoms with Crippen LogP contribution in [0.4, 0.5) is 0 Å². The van der Waals surface area contributed by atoms with Crippen LogP contribution in [0.3, 0.4) is 0 Å². The van der Waals surface area contributed by atoms with Crippen LogP contribution >= 0.6 is 0 Å². The van der Waals surface area contributed by atoms with Crippen molar-refractivity contribution in [3.05, 3.63) is 42.1 Å². The summed E-state index contributed by atoms with van der Waals surface area (Å²) in [5.41, 5.74) is 0.975. The van der Waals surface area contributed by atoms with Gasteiger partial charge in [-0.15, -0.1) is 0 Å². The first kappa shape index (κ1) is 15.4. The second-order valence-electron chi connectivity index (χ2n) is 5.44. The summed E-state index contributed by atoms with van der Waals surface area (Å²) in [6, 6.07) is 6.00. The maximum Gasteiger partial charge on any atom is 0.224 e. The minimum absolute atomic E-state index is 0.148. The Kier molecular flexibility index (Phi) is 5.20. The highest BCUT2D eigenvalue weighted by molar-refractivity contribution is 5.76. The van der Waals surface area contributed by atoms with Gasteiger partial charge in [-0.05, 0) is 38.5 Å². The van der Waals surface area contributed by atoms with Crippen LogP contribution < -0.4 is 0 Å². The van der Waals surface area contributed by atoms with Gasteiger partial charge in [0.2, 0.25) is 5.91 Å². The lowest BCUT2D eigenvalue weighted by atomic mass is 10.1. The Morgan fingerprint density at radius 2 is 2.29 bits per heavy atom. The average Bonchev–Trinajstić information content (AvgIpc) is 3.12. The molecule has 0 aliphatic heterocycles. The van der Waals surface area contributed by atoms with Gasteiger partial charge in [-0.1, -0.05) is 0 Å². The maximum absolute atomic E-state index is 12.2. The van der Waals surface area contributed by atoms with E-state index in [1.807, 2.05) is 47.9 Å². The molecule has 5 nitrogen and oxygen atoms in total. The summed E-state index contributed by atoms with van der Waals surface area (Å²) < 4.78 is 7.13. The summed E-state index contributed by atoms with van der Waals surface area (Å²) >= 11 is 0. The summed E-state index contributed by atoms with van der Waals surface area (Å²) in [5.74, 6) is 1.12. The van der Waals surface area contributed by atoms with Gasteiger partial charge in [-0.25, -0.2) is 0 Å². The molecule has 2 heterocycles. The summed E-state index contributed by atoms with van der Waals surface area (Å²) in [7, 11) is 1.86. The van der Waals surface area contributed by atoms with Crippen molar-refractivity contribution in [1.82, 2.24) is 14.7 Å². The summed E-state index contributed by atoms with van der Waals surface area (Å²) in [4.78, 5) is 14.0. The molecule has 0 saturated heterocycles. The van der Waals surface area contributed by atoms with Crippen LogP contribution in [0.2, 0.25) is 0 Å². The number of hydrogen-bond donors (Lipinski definition) is 0. The Morgan fingerprint density at radius 1 is 1.48 bits per heavy atom. The molecule has 0 N–H and O–H groups in total. The molecule has 21 heavy (non-hydrogen) atoms. The van der Waals surface area contributed by atoms with Crippen LogP contribution in [-0.2, 0) is 17.8 Å². The number of furan rings is 1. The molecule has 2 aromatic heterocycles. The standard InChI is InChI=1S/C16H23N3O2/c1-13-8-10-19(17-13)11-9-16(20)18(3)14(2)6-7-15-5-4-12-21-15/h4-5,8,10,12,14H,6-7,9,11H2,1-3H3/t14-/m0/s1. The third kappa shape index (κ3) is 4.48. The fraction of sp³-hybridized carbons (Fsp3) is 0.500. The molecule has 0 aromatic carbocycles. The molecule has 0 unspecified atom stereocenters. The van der Waals surface area contributed by atoms with E-state index in [1.165, 1.54) is 0 Å². The van der Waals surface area contributed by atoms with Crippen molar-refractivity contribution in [1.29, 1.82) is 0 Å². The molecule has 0 fully saturated rings. The fourth-order valence-electron chi connectivity index (χ4n) is 2.22. The summed E-state index contributed by atoms with van der Waals surface area (Å²) in [6.07, 6.45) is 5.81. The maximum atomic E-state index is 12.2. The van der Waals surface area contributed by atoms with E-state index >= 15 is 0 Å². The van der Waals surface area contributed by atoms with Gasteiger partial charge in [0.05, 0.1) is 12.0 Å². The molecule has 1 atom stereocenters. The molecule has 0 radical (unpaired) electrons. The lowest BCUT2D eigenvalue weighted by molar-refractivity contribution is -0.132. The van der Waals surface area contributed by atoms with Crippen LogP contribution in [-0.4, -0.2) is 33.7 Å². The number of aromatic nitrogens is 2. The zero-order valence-electron chi connectivity index (χ0n) is 13.0. The molecule has 1 amide bonds. The number of carbonyl (C=O) groups is 1. The second kappa shape index (κ2) is 7.11. The van der Waals surface area contributed by atoms with E-state index < -0.39 is 0 Å². The molecule has 2 aromatic rings. The Balaban J connectivity index is 1.75. The van der Waals surface area contributed by atoms with E-state index in [2.05, 4.69) is 12.0 Å². The van der Waals surface area contributed by atoms with E-state index in [1.54, 1.807) is 6.26 Å². The average molecular weight is 289 g/mol. The molecule has 0 saturated carbocycles. The molecular formula is C16H23N3O2. The number of hydrogen-bond acceptors (Lipinski definition) is 3. The third-order valence-corrected chi connectivity index (χ3v) is 3.77. The topological polar surface area (TPSA) is 51.3 Å².